The molecule has 0 aliphatic carbocycles. The van der Waals surface area contributed by atoms with Crippen LogP contribution in [0.2, 0.25) is 5.02 Å². The lowest BCUT2D eigenvalue weighted by Crippen LogP contribution is -2.04. The van der Waals surface area contributed by atoms with Crippen LogP contribution in [0.4, 0.5) is 0 Å². The summed E-state index contributed by atoms with van der Waals surface area (Å²) in [5.74, 6) is 5.04. The summed E-state index contributed by atoms with van der Waals surface area (Å²) in [6.45, 7) is -0.212. The molecule has 1 rings (SSSR count). The molecule has 3 nitrogen and oxygen atoms in total. The topological polar surface area (TPSA) is 53.1 Å². The average molecular weight is 184 g/mol. The molecular formula is C8H6ClNO2. The molecule has 0 saturated heterocycles. The first-order valence-electron chi connectivity index (χ1n) is 3.22. The highest BCUT2D eigenvalue weighted by Gasteiger charge is 1.94. The highest BCUT2D eigenvalue weighted by atomic mass is 35.5. The number of aromatic amines is 1. The minimum absolute atomic E-state index is 0.0970. The molecule has 0 saturated carbocycles. The van der Waals surface area contributed by atoms with Crippen LogP contribution < -0.4 is 5.56 Å². The number of pyridine rings is 1. The van der Waals surface area contributed by atoms with E-state index >= 15 is 0 Å². The molecule has 62 valence electrons. The zero-order valence-electron chi connectivity index (χ0n) is 6.10. The van der Waals surface area contributed by atoms with Crippen LogP contribution >= 0.6 is 11.6 Å². The SMILES string of the molecule is O=c1[nH]cc(C#CCO)cc1Cl. The summed E-state index contributed by atoms with van der Waals surface area (Å²) in [6, 6.07) is 1.45. The number of hydrogen-bond donors (Lipinski definition) is 2. The molecule has 0 aromatic carbocycles. The molecule has 1 aromatic rings. The third kappa shape index (κ3) is 2.12. The van der Waals surface area contributed by atoms with Gasteiger partial charge in [-0.25, -0.2) is 0 Å². The lowest BCUT2D eigenvalue weighted by molar-refractivity contribution is 0.350. The largest absolute Gasteiger partial charge is 0.384 e. The van der Waals surface area contributed by atoms with Crippen LogP contribution in [0.1, 0.15) is 5.56 Å². The van der Waals surface area contributed by atoms with Gasteiger partial charge >= 0.3 is 0 Å². The van der Waals surface area contributed by atoms with Gasteiger partial charge < -0.3 is 10.1 Å². The fourth-order valence-corrected chi connectivity index (χ4v) is 0.842. The Bertz CT molecular complexity index is 386. The molecule has 1 aromatic heterocycles. The number of aromatic nitrogens is 1. The van der Waals surface area contributed by atoms with Crippen molar-refractivity contribution < 1.29 is 5.11 Å². The number of aliphatic hydroxyl groups excluding tert-OH is 1. The van der Waals surface area contributed by atoms with Crippen molar-refractivity contribution in [3.8, 4) is 11.8 Å². The molecule has 0 amide bonds. The van der Waals surface area contributed by atoms with E-state index in [-0.39, 0.29) is 17.2 Å². The van der Waals surface area contributed by atoms with Gasteiger partial charge in [-0.05, 0) is 6.07 Å². The Morgan fingerprint density at radius 1 is 1.67 bits per heavy atom. The molecule has 0 atom stereocenters. The van der Waals surface area contributed by atoms with Crippen molar-refractivity contribution in [3.63, 3.8) is 0 Å². The Morgan fingerprint density at radius 2 is 2.42 bits per heavy atom. The monoisotopic (exact) mass is 183 g/mol. The predicted octanol–water partition coefficient (Wildman–Crippen LogP) is 0.372. The second-order valence-electron chi connectivity index (χ2n) is 2.03. The third-order valence-electron chi connectivity index (χ3n) is 1.17. The zero-order valence-corrected chi connectivity index (χ0v) is 6.85. The molecule has 0 radical (unpaired) electrons. The summed E-state index contributed by atoms with van der Waals surface area (Å²) in [4.78, 5) is 13.2. The summed E-state index contributed by atoms with van der Waals surface area (Å²) >= 11 is 5.52. The normalized spacial score (nSPS) is 8.83. The average Bonchev–Trinajstić information content (AvgIpc) is 2.07. The fourth-order valence-electron chi connectivity index (χ4n) is 0.670. The van der Waals surface area contributed by atoms with Gasteiger partial charge in [0, 0.05) is 11.8 Å². The molecule has 4 heteroatoms. The van der Waals surface area contributed by atoms with Crippen LogP contribution in [0.25, 0.3) is 0 Å². The van der Waals surface area contributed by atoms with E-state index in [0.29, 0.717) is 5.56 Å². The van der Waals surface area contributed by atoms with E-state index in [9.17, 15) is 4.79 Å². The zero-order chi connectivity index (χ0) is 8.97. The lowest BCUT2D eigenvalue weighted by Gasteiger charge is -1.89. The summed E-state index contributed by atoms with van der Waals surface area (Å²) in [6.07, 6.45) is 1.44. The highest BCUT2D eigenvalue weighted by Crippen LogP contribution is 2.01. The first kappa shape index (κ1) is 8.85. The van der Waals surface area contributed by atoms with Gasteiger partial charge in [-0.3, -0.25) is 4.79 Å². The van der Waals surface area contributed by atoms with Crippen molar-refractivity contribution in [2.75, 3.05) is 6.61 Å². The van der Waals surface area contributed by atoms with E-state index in [4.69, 9.17) is 16.7 Å². The minimum atomic E-state index is -0.341. The van der Waals surface area contributed by atoms with Crippen LogP contribution in [0.3, 0.4) is 0 Å². The molecule has 0 bridgehead atoms. The van der Waals surface area contributed by atoms with Crippen molar-refractivity contribution in [1.29, 1.82) is 0 Å². The fraction of sp³-hybridized carbons (Fsp3) is 0.125. The third-order valence-corrected chi connectivity index (χ3v) is 1.45. The number of halogens is 1. The van der Waals surface area contributed by atoms with Gasteiger partial charge in [0.05, 0.1) is 0 Å². The minimum Gasteiger partial charge on any atom is -0.384 e. The Hall–Kier alpha value is -1.24. The molecular weight excluding hydrogens is 178 g/mol. The van der Waals surface area contributed by atoms with Crippen molar-refractivity contribution in [1.82, 2.24) is 4.98 Å². The molecule has 1 heterocycles. The first-order chi connectivity index (χ1) is 5.74. The van der Waals surface area contributed by atoms with E-state index in [1.807, 2.05) is 0 Å². The Kier molecular flexibility index (Phi) is 2.92. The number of H-pyrrole nitrogens is 1. The van der Waals surface area contributed by atoms with Crippen molar-refractivity contribution in [2.24, 2.45) is 0 Å². The second kappa shape index (κ2) is 3.96. The van der Waals surface area contributed by atoms with E-state index in [2.05, 4.69) is 16.8 Å². The molecule has 2 N–H and O–H groups in total. The van der Waals surface area contributed by atoms with E-state index < -0.39 is 0 Å². The summed E-state index contributed by atoms with van der Waals surface area (Å²) in [5, 5.41) is 8.47. The van der Waals surface area contributed by atoms with Crippen molar-refractivity contribution in [2.45, 2.75) is 0 Å². The van der Waals surface area contributed by atoms with Gasteiger partial charge in [0.15, 0.2) is 0 Å². The van der Waals surface area contributed by atoms with Crippen LogP contribution in [0, 0.1) is 11.8 Å². The number of hydrogen-bond acceptors (Lipinski definition) is 2. The lowest BCUT2D eigenvalue weighted by atomic mass is 10.3. The van der Waals surface area contributed by atoms with Gasteiger partial charge in [0.25, 0.3) is 5.56 Å². The number of aliphatic hydroxyl groups is 1. The van der Waals surface area contributed by atoms with Crippen LogP contribution in [-0.2, 0) is 0 Å². The molecule has 0 spiro atoms. The van der Waals surface area contributed by atoms with Gasteiger partial charge in [-0.2, -0.15) is 0 Å². The highest BCUT2D eigenvalue weighted by molar-refractivity contribution is 6.30. The van der Waals surface area contributed by atoms with Gasteiger partial charge in [-0.15, -0.1) is 0 Å². The van der Waals surface area contributed by atoms with E-state index in [1.54, 1.807) is 0 Å². The Labute approximate surface area is 74.0 Å². The predicted molar refractivity (Wildman–Crippen MR) is 46.0 cm³/mol. The van der Waals surface area contributed by atoms with Crippen molar-refractivity contribution in [3.05, 3.63) is 33.2 Å². The van der Waals surface area contributed by atoms with Crippen LogP contribution in [0.15, 0.2) is 17.1 Å². The van der Waals surface area contributed by atoms with Gasteiger partial charge in [-0.1, -0.05) is 23.4 Å². The standard InChI is InChI=1S/C8H6ClNO2/c9-7-4-6(2-1-3-11)5-10-8(7)12/h4-5,11H,3H2,(H,10,12). The maximum Gasteiger partial charge on any atom is 0.266 e. The summed E-state index contributed by atoms with van der Waals surface area (Å²) in [7, 11) is 0. The summed E-state index contributed by atoms with van der Waals surface area (Å²) < 4.78 is 0. The summed E-state index contributed by atoms with van der Waals surface area (Å²) in [5.41, 5.74) is 0.236. The van der Waals surface area contributed by atoms with Crippen molar-refractivity contribution >= 4 is 11.6 Å². The van der Waals surface area contributed by atoms with Gasteiger partial charge in [0.2, 0.25) is 0 Å². The Balaban J connectivity index is 3.05. The van der Waals surface area contributed by atoms with Gasteiger partial charge in [0.1, 0.15) is 11.6 Å². The molecule has 0 unspecified atom stereocenters. The van der Waals surface area contributed by atoms with Crippen LogP contribution in [-0.4, -0.2) is 16.7 Å². The maximum atomic E-state index is 10.8. The second-order valence-corrected chi connectivity index (χ2v) is 2.43. The van der Waals surface area contributed by atoms with Crippen LogP contribution in [0.5, 0.6) is 0 Å². The number of rotatable bonds is 0. The number of nitrogens with one attached hydrogen (secondary N) is 1. The molecule has 0 fully saturated rings. The molecule has 0 aliphatic rings. The van der Waals surface area contributed by atoms with E-state index in [1.165, 1.54) is 12.3 Å². The Morgan fingerprint density at radius 3 is 3.00 bits per heavy atom. The van der Waals surface area contributed by atoms with E-state index in [0.717, 1.165) is 0 Å². The quantitative estimate of drug-likeness (QED) is 0.571. The smallest absolute Gasteiger partial charge is 0.266 e. The first-order valence-corrected chi connectivity index (χ1v) is 3.60. The maximum absolute atomic E-state index is 10.8. The molecule has 12 heavy (non-hydrogen) atoms. The molecule has 0 aliphatic heterocycles.